The zero-order valence-electron chi connectivity index (χ0n) is 20.8. The van der Waals surface area contributed by atoms with Crippen LogP contribution >= 0.6 is 0 Å². The van der Waals surface area contributed by atoms with E-state index in [-0.39, 0.29) is 5.56 Å². The number of aromatic nitrogens is 1. The molecule has 0 unspecified atom stereocenters. The number of hydrogen-bond acceptors (Lipinski definition) is 4. The minimum atomic E-state index is 0.0192. The summed E-state index contributed by atoms with van der Waals surface area (Å²) < 4.78 is 7.75. The van der Waals surface area contributed by atoms with Crippen molar-refractivity contribution in [1.82, 2.24) is 9.38 Å². The molecule has 1 saturated heterocycles. The molecule has 0 radical (unpaired) electrons. The third-order valence-corrected chi connectivity index (χ3v) is 6.84. The second-order valence-corrected chi connectivity index (χ2v) is 9.17. The predicted molar refractivity (Wildman–Crippen MR) is 145 cm³/mol. The Morgan fingerprint density at radius 3 is 2.68 bits per heavy atom. The normalized spacial score (nSPS) is 16.4. The fourth-order valence-corrected chi connectivity index (χ4v) is 4.80. The van der Waals surface area contributed by atoms with Gasteiger partial charge in [-0.25, -0.2) is 0 Å². The Bertz CT molecular complexity index is 1240. The Morgan fingerprint density at radius 1 is 1.06 bits per heavy atom. The molecule has 2 heterocycles. The van der Waals surface area contributed by atoms with Crippen molar-refractivity contribution in [2.75, 3.05) is 44.2 Å². The van der Waals surface area contributed by atoms with Crippen LogP contribution in [0.2, 0.25) is 0 Å². The van der Waals surface area contributed by atoms with Gasteiger partial charge in [-0.3, -0.25) is 9.69 Å². The number of ether oxygens (including phenoxy) is 1. The minimum absolute atomic E-state index is 0.0192. The largest absolute Gasteiger partial charge is 0.498 e. The monoisotopic (exact) mass is 457 g/mol. The number of fused-ring (bicyclic) bond motifs is 1. The van der Waals surface area contributed by atoms with Crippen LogP contribution in [0.1, 0.15) is 37.3 Å². The number of pyridine rings is 1. The van der Waals surface area contributed by atoms with Crippen LogP contribution in [0.15, 0.2) is 53.0 Å². The number of piperazine rings is 1. The molecule has 2 aliphatic rings. The van der Waals surface area contributed by atoms with E-state index < -0.39 is 0 Å². The fraction of sp³-hybridized carbons (Fsp3) is 0.393. The molecule has 0 amide bonds. The summed E-state index contributed by atoms with van der Waals surface area (Å²) in [5.41, 5.74) is 4.07. The molecular formula is C28H36BN3O2. The second kappa shape index (κ2) is 11.4. The highest BCUT2D eigenvalue weighted by Gasteiger charge is 2.18. The number of unbranched alkanes of at least 4 members (excludes halogenated alkanes) is 1. The Hall–Kier alpha value is -2.99. The summed E-state index contributed by atoms with van der Waals surface area (Å²) in [5, 5.41) is 2.02. The summed E-state index contributed by atoms with van der Waals surface area (Å²) in [6.45, 7) is 10.5. The van der Waals surface area contributed by atoms with Gasteiger partial charge in [0.05, 0.1) is 12.4 Å². The summed E-state index contributed by atoms with van der Waals surface area (Å²) in [5.74, 6) is 0.965. The lowest BCUT2D eigenvalue weighted by Gasteiger charge is -2.37. The lowest BCUT2D eigenvalue weighted by Crippen LogP contribution is -2.46. The summed E-state index contributed by atoms with van der Waals surface area (Å²) >= 11 is 0. The molecule has 178 valence electrons. The van der Waals surface area contributed by atoms with Crippen LogP contribution < -0.4 is 21.0 Å². The number of aryl methyl sites for hydroxylation is 1. The summed E-state index contributed by atoms with van der Waals surface area (Å²) in [7, 11) is 1.82. The van der Waals surface area contributed by atoms with Crippen LogP contribution in [-0.2, 0) is 4.74 Å². The maximum atomic E-state index is 11.9. The van der Waals surface area contributed by atoms with Gasteiger partial charge in [-0.05, 0) is 68.3 Å². The molecule has 5 nitrogen and oxygen atoms in total. The van der Waals surface area contributed by atoms with Crippen molar-refractivity contribution in [3.05, 3.63) is 80.3 Å². The van der Waals surface area contributed by atoms with Gasteiger partial charge in [0, 0.05) is 55.3 Å². The number of benzene rings is 1. The Balaban J connectivity index is 1.20. The molecule has 0 bridgehead atoms. The molecule has 0 N–H and O–H groups in total. The lowest BCUT2D eigenvalue weighted by molar-refractivity contribution is 0.191. The first-order chi connectivity index (χ1) is 16.6. The van der Waals surface area contributed by atoms with Crippen LogP contribution in [0.3, 0.4) is 0 Å². The highest BCUT2D eigenvalue weighted by atomic mass is 16.5. The van der Waals surface area contributed by atoms with Crippen molar-refractivity contribution in [3.8, 4) is 0 Å². The first-order valence-corrected chi connectivity index (χ1v) is 12.5. The van der Waals surface area contributed by atoms with Crippen molar-refractivity contribution < 1.29 is 4.74 Å². The molecule has 6 heteroatoms. The van der Waals surface area contributed by atoms with Gasteiger partial charge in [0.25, 0.3) is 0 Å². The van der Waals surface area contributed by atoms with Crippen molar-refractivity contribution in [1.29, 1.82) is 0 Å². The van der Waals surface area contributed by atoms with Gasteiger partial charge < -0.3 is 14.1 Å². The average Bonchev–Trinajstić information content (AvgIpc) is 3.06. The molecular weight excluding hydrogens is 421 g/mol. The number of anilines is 1. The minimum Gasteiger partial charge on any atom is -0.498 e. The molecule has 0 atom stereocenters. The molecule has 1 aliphatic heterocycles. The zero-order valence-corrected chi connectivity index (χ0v) is 20.8. The van der Waals surface area contributed by atoms with E-state index in [9.17, 15) is 4.79 Å². The van der Waals surface area contributed by atoms with Crippen molar-refractivity contribution in [3.63, 3.8) is 0 Å². The maximum absolute atomic E-state index is 11.9. The predicted octanol–water partition coefficient (Wildman–Crippen LogP) is 2.05. The van der Waals surface area contributed by atoms with Crippen molar-refractivity contribution in [2.24, 2.45) is 0 Å². The molecule has 0 spiro atoms. The number of nitrogens with zero attached hydrogens (tertiary/aromatic N) is 3. The van der Waals surface area contributed by atoms with E-state index >= 15 is 0 Å². The molecule has 2 aromatic rings. The van der Waals surface area contributed by atoms with Crippen LogP contribution in [0.4, 0.5) is 5.69 Å². The van der Waals surface area contributed by atoms with E-state index in [0.29, 0.717) is 0 Å². The lowest BCUT2D eigenvalue weighted by atomic mass is 10.0. The maximum Gasteiger partial charge on any atom is 0.238 e. The van der Waals surface area contributed by atoms with Gasteiger partial charge in [-0.2, -0.15) is 0 Å². The quantitative estimate of drug-likeness (QED) is 0.450. The van der Waals surface area contributed by atoms with Crippen LogP contribution in [0.25, 0.3) is 18.2 Å². The molecule has 1 fully saturated rings. The Kier molecular flexibility index (Phi) is 8.12. The Labute approximate surface area is 203 Å². The highest BCUT2D eigenvalue weighted by Crippen LogP contribution is 2.26. The topological polar surface area (TPSA) is 37.7 Å². The van der Waals surface area contributed by atoms with Gasteiger partial charge in [0.15, 0.2) is 0 Å². The number of rotatable bonds is 8. The Morgan fingerprint density at radius 2 is 1.88 bits per heavy atom. The smallest absolute Gasteiger partial charge is 0.238 e. The SMILES string of the molecule is Bn1c(=O)ccc2c1=CCC(OCCCCN1CCN(c3cccc(C)c3/C=C\C)CC1)=CC=2. The zero-order chi connectivity index (χ0) is 23.9. The third kappa shape index (κ3) is 5.73. The van der Waals surface area contributed by atoms with Crippen LogP contribution in [0.5, 0.6) is 0 Å². The highest BCUT2D eigenvalue weighted by molar-refractivity contribution is 6.06. The number of hydrogen-bond donors (Lipinski definition) is 0. The molecule has 0 saturated carbocycles. The summed E-state index contributed by atoms with van der Waals surface area (Å²) in [6.07, 6.45) is 13.4. The van der Waals surface area contributed by atoms with E-state index in [2.05, 4.69) is 60.1 Å². The fourth-order valence-electron chi connectivity index (χ4n) is 4.80. The van der Waals surface area contributed by atoms with Gasteiger partial charge in [0.2, 0.25) is 13.5 Å². The summed E-state index contributed by atoms with van der Waals surface area (Å²) in [4.78, 5) is 17.0. The standard InChI is InChI=1S/C28H36BN3O2/c1-3-7-25-22(2)8-6-9-27(25)31-19-17-30(18-20-31)16-4-5-21-34-24-12-10-23-11-15-28(33)32(29)26(23)14-13-24/h3,6-12,14-15H,4-5,13,16-21,29H2,1-2H3/b7-3-. The van der Waals surface area contributed by atoms with Crippen molar-refractivity contribution >= 4 is 31.9 Å². The van der Waals surface area contributed by atoms with E-state index in [0.717, 1.165) is 74.9 Å². The average molecular weight is 457 g/mol. The molecule has 34 heavy (non-hydrogen) atoms. The molecule has 1 aromatic heterocycles. The van der Waals surface area contributed by atoms with Crippen LogP contribution in [-0.4, -0.2) is 56.7 Å². The van der Waals surface area contributed by atoms with Gasteiger partial charge in [-0.1, -0.05) is 30.4 Å². The molecule has 4 rings (SSSR count). The third-order valence-electron chi connectivity index (χ3n) is 6.84. The van der Waals surface area contributed by atoms with Crippen LogP contribution in [0, 0.1) is 6.92 Å². The van der Waals surface area contributed by atoms with Crippen molar-refractivity contribution in [2.45, 2.75) is 33.1 Å². The van der Waals surface area contributed by atoms with E-state index in [4.69, 9.17) is 4.74 Å². The first-order valence-electron chi connectivity index (χ1n) is 12.5. The van der Waals surface area contributed by atoms with Gasteiger partial charge >= 0.3 is 0 Å². The van der Waals surface area contributed by atoms with E-state index in [1.165, 1.54) is 16.8 Å². The van der Waals surface area contributed by atoms with E-state index in [1.54, 1.807) is 10.5 Å². The number of allylic oxidation sites excluding steroid dienone is 3. The molecule has 1 aromatic carbocycles. The summed E-state index contributed by atoms with van der Waals surface area (Å²) in [6, 6.07) is 10.1. The van der Waals surface area contributed by atoms with E-state index in [1.807, 2.05) is 26.2 Å². The first kappa shape index (κ1) is 24.1. The second-order valence-electron chi connectivity index (χ2n) is 9.17. The van der Waals surface area contributed by atoms with Gasteiger partial charge in [-0.15, -0.1) is 0 Å². The molecule has 1 aliphatic carbocycles. The van der Waals surface area contributed by atoms with Gasteiger partial charge in [0.1, 0.15) is 0 Å².